The summed E-state index contributed by atoms with van der Waals surface area (Å²) in [5, 5.41) is 31.5. The highest BCUT2D eigenvalue weighted by molar-refractivity contribution is 5.95. The van der Waals surface area contributed by atoms with Gasteiger partial charge in [-0.2, -0.15) is 5.26 Å². The quantitative estimate of drug-likeness (QED) is 0.350. The minimum atomic E-state index is -0.309. The van der Waals surface area contributed by atoms with Crippen LogP contribution in [0.2, 0.25) is 0 Å². The van der Waals surface area contributed by atoms with Crippen molar-refractivity contribution in [2.45, 2.75) is 71.6 Å². The van der Waals surface area contributed by atoms with E-state index in [2.05, 4.69) is 32.2 Å². The van der Waals surface area contributed by atoms with Gasteiger partial charge in [0.05, 0.1) is 24.0 Å². The van der Waals surface area contributed by atoms with Crippen molar-refractivity contribution in [3.63, 3.8) is 0 Å². The van der Waals surface area contributed by atoms with Gasteiger partial charge in [0.2, 0.25) is 0 Å². The molecule has 8 nitrogen and oxygen atoms in total. The number of nitrogens with one attached hydrogen (secondary N) is 1. The topological polar surface area (TPSA) is 120 Å². The first kappa shape index (κ1) is 28.9. The Morgan fingerprint density at radius 1 is 1.13 bits per heavy atom. The number of hydrogen-bond donors (Lipinski definition) is 3. The molecule has 202 valence electrons. The maximum absolute atomic E-state index is 13.0. The van der Waals surface area contributed by atoms with Gasteiger partial charge >= 0.3 is 0 Å². The van der Waals surface area contributed by atoms with E-state index in [9.17, 15) is 20.3 Å². The van der Waals surface area contributed by atoms with Gasteiger partial charge in [0.25, 0.3) is 5.91 Å². The fraction of sp³-hybridized carbons (Fsp3) is 0.433. The Balaban J connectivity index is 1.74. The van der Waals surface area contributed by atoms with E-state index in [0.29, 0.717) is 36.3 Å². The average molecular weight is 519 g/mol. The first-order valence-electron chi connectivity index (χ1n) is 13.0. The first-order chi connectivity index (χ1) is 18.0. The summed E-state index contributed by atoms with van der Waals surface area (Å²) in [6.45, 7) is 10.5. The predicted molar refractivity (Wildman–Crippen MR) is 147 cm³/mol. The zero-order valence-electron chi connectivity index (χ0n) is 22.9. The third-order valence-electron chi connectivity index (χ3n) is 6.06. The average Bonchev–Trinajstić information content (AvgIpc) is 3.29. The molecule has 3 rings (SSSR count). The summed E-state index contributed by atoms with van der Waals surface area (Å²) in [5.41, 5.74) is 3.33. The van der Waals surface area contributed by atoms with Crippen molar-refractivity contribution in [1.82, 2.24) is 14.9 Å². The van der Waals surface area contributed by atoms with Crippen LogP contribution < -0.4 is 10.1 Å². The van der Waals surface area contributed by atoms with Crippen LogP contribution in [0.4, 0.5) is 0 Å². The molecule has 0 aliphatic heterocycles. The molecule has 0 aliphatic rings. The largest absolute Gasteiger partial charge is 0.490 e. The number of carbonyl (C=O) groups is 1. The second kappa shape index (κ2) is 12.7. The minimum Gasteiger partial charge on any atom is -0.490 e. The van der Waals surface area contributed by atoms with Crippen molar-refractivity contribution in [3.8, 4) is 23.1 Å². The summed E-state index contributed by atoms with van der Waals surface area (Å²) in [7, 11) is 0. The Morgan fingerprint density at radius 3 is 2.42 bits per heavy atom. The second-order valence-corrected chi connectivity index (χ2v) is 10.7. The number of hydrogen-bond acceptors (Lipinski definition) is 6. The molecule has 0 bridgehead atoms. The summed E-state index contributed by atoms with van der Waals surface area (Å²) >= 11 is 0. The van der Waals surface area contributed by atoms with Crippen LogP contribution in [0.5, 0.6) is 5.75 Å². The van der Waals surface area contributed by atoms with Gasteiger partial charge < -0.3 is 24.8 Å². The second-order valence-electron chi connectivity index (χ2n) is 10.7. The summed E-state index contributed by atoms with van der Waals surface area (Å²) in [6.07, 6.45) is 2.82. The van der Waals surface area contributed by atoms with Crippen LogP contribution in [0.25, 0.3) is 11.3 Å². The summed E-state index contributed by atoms with van der Waals surface area (Å²) in [6, 6.07) is 14.6. The van der Waals surface area contributed by atoms with E-state index in [1.807, 2.05) is 48.9 Å². The minimum absolute atomic E-state index is 0.0451. The Morgan fingerprint density at radius 2 is 1.84 bits per heavy atom. The van der Waals surface area contributed by atoms with E-state index < -0.39 is 0 Å². The van der Waals surface area contributed by atoms with Gasteiger partial charge in [-0.25, -0.2) is 4.98 Å². The number of rotatable bonds is 11. The highest BCUT2D eigenvalue weighted by atomic mass is 16.5. The summed E-state index contributed by atoms with van der Waals surface area (Å²) < 4.78 is 7.64. The number of benzene rings is 2. The van der Waals surface area contributed by atoms with Crippen molar-refractivity contribution in [1.29, 1.82) is 5.26 Å². The van der Waals surface area contributed by atoms with Crippen LogP contribution in [0.3, 0.4) is 0 Å². The zero-order chi connectivity index (χ0) is 27.9. The van der Waals surface area contributed by atoms with E-state index in [-0.39, 0.29) is 36.7 Å². The molecule has 0 spiro atoms. The molecule has 1 atom stereocenters. The lowest BCUT2D eigenvalue weighted by Gasteiger charge is -2.19. The Bertz CT molecular complexity index is 1270. The first-order valence-corrected chi connectivity index (χ1v) is 13.0. The molecule has 0 saturated carbocycles. The lowest BCUT2D eigenvalue weighted by molar-refractivity contribution is 0.0930. The van der Waals surface area contributed by atoms with Crippen molar-refractivity contribution in [2.24, 2.45) is 0 Å². The van der Waals surface area contributed by atoms with E-state index >= 15 is 0 Å². The molecule has 38 heavy (non-hydrogen) atoms. The molecule has 1 unspecified atom stereocenters. The number of ether oxygens (including phenoxy) is 1. The highest BCUT2D eigenvalue weighted by Crippen LogP contribution is 2.27. The van der Waals surface area contributed by atoms with E-state index in [4.69, 9.17) is 9.72 Å². The van der Waals surface area contributed by atoms with Crippen molar-refractivity contribution in [3.05, 3.63) is 71.2 Å². The molecule has 0 aliphatic carbocycles. The number of nitriles is 1. The van der Waals surface area contributed by atoms with Gasteiger partial charge in [0, 0.05) is 41.9 Å². The predicted octanol–water partition coefficient (Wildman–Crippen LogP) is 4.22. The molecule has 1 heterocycles. The molecule has 3 aromatic rings. The molecule has 1 amide bonds. The van der Waals surface area contributed by atoms with Crippen LogP contribution in [-0.2, 0) is 18.4 Å². The van der Waals surface area contributed by atoms with Gasteiger partial charge in [-0.15, -0.1) is 0 Å². The van der Waals surface area contributed by atoms with Crippen LogP contribution in [0.1, 0.15) is 68.3 Å². The van der Waals surface area contributed by atoms with Crippen LogP contribution in [-0.4, -0.2) is 51.0 Å². The standard InChI is InChI=1S/C30H38N4O4/c1-20(2)38-27-11-10-23(17-24(27)18-31)28(37)32-25(12-14-35)16-21-6-8-22(9-7-21)26-19-34(13-15-36)29(33-26)30(3,4)5/h6-11,17,19-20,25,35-36H,12-16H2,1-5H3,(H,32,37). The van der Waals surface area contributed by atoms with Gasteiger partial charge in [0.15, 0.2) is 0 Å². The Hall–Kier alpha value is -3.67. The number of carbonyl (C=O) groups excluding carboxylic acids is 1. The normalized spacial score (nSPS) is 12.3. The number of imidazole rings is 1. The van der Waals surface area contributed by atoms with Crippen molar-refractivity contribution < 1.29 is 19.7 Å². The van der Waals surface area contributed by atoms with E-state index in [0.717, 1.165) is 22.6 Å². The zero-order valence-corrected chi connectivity index (χ0v) is 22.9. The highest BCUT2D eigenvalue weighted by Gasteiger charge is 2.22. The molecule has 0 fully saturated rings. The summed E-state index contributed by atoms with van der Waals surface area (Å²) in [4.78, 5) is 17.8. The molecule has 0 saturated heterocycles. The number of aliphatic hydroxyl groups is 2. The Kier molecular flexibility index (Phi) is 9.67. The summed E-state index contributed by atoms with van der Waals surface area (Å²) in [5.74, 6) is 1.05. The monoisotopic (exact) mass is 518 g/mol. The number of aromatic nitrogens is 2. The van der Waals surface area contributed by atoms with E-state index in [1.165, 1.54) is 6.07 Å². The van der Waals surface area contributed by atoms with Crippen molar-refractivity contribution >= 4 is 5.91 Å². The number of aliphatic hydroxyl groups excluding tert-OH is 2. The molecule has 0 radical (unpaired) electrons. The van der Waals surface area contributed by atoms with Crippen LogP contribution in [0.15, 0.2) is 48.7 Å². The van der Waals surface area contributed by atoms with Gasteiger partial charge in [-0.05, 0) is 50.5 Å². The lowest BCUT2D eigenvalue weighted by atomic mass is 9.95. The molecule has 1 aromatic heterocycles. The number of amides is 1. The van der Waals surface area contributed by atoms with Gasteiger partial charge in [-0.3, -0.25) is 4.79 Å². The molecule has 3 N–H and O–H groups in total. The Labute approximate surface area is 224 Å². The third-order valence-corrected chi connectivity index (χ3v) is 6.06. The molecule has 2 aromatic carbocycles. The maximum atomic E-state index is 13.0. The van der Waals surface area contributed by atoms with Crippen LogP contribution in [0, 0.1) is 11.3 Å². The third kappa shape index (κ3) is 7.44. The van der Waals surface area contributed by atoms with Crippen LogP contribution >= 0.6 is 0 Å². The van der Waals surface area contributed by atoms with Gasteiger partial charge in [-0.1, -0.05) is 45.0 Å². The smallest absolute Gasteiger partial charge is 0.251 e. The number of nitrogens with zero attached hydrogens (tertiary/aromatic N) is 3. The van der Waals surface area contributed by atoms with Crippen molar-refractivity contribution in [2.75, 3.05) is 13.2 Å². The molecule has 8 heteroatoms. The molecular weight excluding hydrogens is 480 g/mol. The van der Waals surface area contributed by atoms with Gasteiger partial charge in [0.1, 0.15) is 17.6 Å². The fourth-order valence-corrected chi connectivity index (χ4v) is 4.29. The molecular formula is C30H38N4O4. The lowest BCUT2D eigenvalue weighted by Crippen LogP contribution is -2.37. The fourth-order valence-electron chi connectivity index (χ4n) is 4.29. The van der Waals surface area contributed by atoms with E-state index in [1.54, 1.807) is 12.1 Å². The maximum Gasteiger partial charge on any atom is 0.251 e. The SMILES string of the molecule is CC(C)Oc1ccc(C(=O)NC(CCO)Cc2ccc(-c3cn(CCO)c(C(C)(C)C)n3)cc2)cc1C#N.